The van der Waals surface area contributed by atoms with Crippen molar-refractivity contribution in [1.29, 1.82) is 0 Å². The monoisotopic (exact) mass is 263 g/mol. The molecule has 0 aliphatic rings. The molecular weight excluding hydrogens is 238 g/mol. The van der Waals surface area contributed by atoms with Crippen molar-refractivity contribution in [2.75, 3.05) is 32.4 Å². The van der Waals surface area contributed by atoms with Gasteiger partial charge in [0.15, 0.2) is 0 Å². The Morgan fingerprint density at radius 3 is 2.79 bits per heavy atom. The number of hydrogen-bond donors (Lipinski definition) is 2. The van der Waals surface area contributed by atoms with E-state index in [0.29, 0.717) is 6.54 Å². The molecule has 0 spiro atoms. The number of nitrogens with zero attached hydrogens (tertiary/aromatic N) is 1. The minimum atomic E-state index is 0.0809. The second kappa shape index (κ2) is 8.53. The number of nitrogens with one attached hydrogen (secondary N) is 1. The summed E-state index contributed by atoms with van der Waals surface area (Å²) in [6, 6.07) is 8.00. The minimum absolute atomic E-state index is 0.0809. The molecule has 3 N–H and O–H groups in total. The predicted octanol–water partition coefficient (Wildman–Crippen LogP) is 1.66. The minimum Gasteiger partial charge on any atom is -0.399 e. The molecule has 0 heterocycles. The zero-order valence-electron chi connectivity index (χ0n) is 12.0. The lowest BCUT2D eigenvalue weighted by Gasteiger charge is -2.20. The molecule has 0 aromatic heterocycles. The third kappa shape index (κ3) is 6.25. The van der Waals surface area contributed by atoms with E-state index >= 15 is 0 Å². The van der Waals surface area contributed by atoms with Gasteiger partial charge in [-0.05, 0) is 50.0 Å². The van der Waals surface area contributed by atoms with Crippen molar-refractivity contribution in [2.45, 2.75) is 26.2 Å². The number of carbonyl (C=O) groups is 1. The Balaban J connectivity index is 2.37. The molecule has 1 aromatic rings. The van der Waals surface area contributed by atoms with E-state index in [2.05, 4.69) is 23.2 Å². The lowest BCUT2D eigenvalue weighted by atomic mass is 10.1. The van der Waals surface area contributed by atoms with Crippen molar-refractivity contribution < 1.29 is 4.79 Å². The van der Waals surface area contributed by atoms with Gasteiger partial charge in [0.2, 0.25) is 5.91 Å². The second-order valence-electron chi connectivity index (χ2n) is 4.80. The maximum Gasteiger partial charge on any atom is 0.233 e. The lowest BCUT2D eigenvalue weighted by Crippen LogP contribution is -2.36. The maximum atomic E-state index is 11.4. The summed E-state index contributed by atoms with van der Waals surface area (Å²) in [5.41, 5.74) is 7.83. The number of likely N-dealkylation sites (N-methyl/N-ethyl adjacent to an activating group) is 1. The van der Waals surface area contributed by atoms with Crippen molar-refractivity contribution in [2.24, 2.45) is 0 Å². The van der Waals surface area contributed by atoms with Gasteiger partial charge in [-0.2, -0.15) is 0 Å². The molecule has 0 aliphatic carbocycles. The standard InChI is InChI=1S/C15H25N3O/c1-3-9-18(12-15(19)17-2)10-5-7-13-6-4-8-14(16)11-13/h4,6,8,11H,3,5,7,9-10,12,16H2,1-2H3,(H,17,19). The Morgan fingerprint density at radius 1 is 1.37 bits per heavy atom. The smallest absolute Gasteiger partial charge is 0.233 e. The lowest BCUT2D eigenvalue weighted by molar-refractivity contribution is -0.121. The van der Waals surface area contributed by atoms with Crippen molar-refractivity contribution in [3.63, 3.8) is 0 Å². The van der Waals surface area contributed by atoms with E-state index in [1.54, 1.807) is 7.05 Å². The predicted molar refractivity (Wildman–Crippen MR) is 80.0 cm³/mol. The first kappa shape index (κ1) is 15.5. The van der Waals surface area contributed by atoms with Crippen LogP contribution in [0.1, 0.15) is 25.3 Å². The number of anilines is 1. The van der Waals surface area contributed by atoms with Crippen LogP contribution in [0.4, 0.5) is 5.69 Å². The SMILES string of the molecule is CCCN(CCCc1cccc(N)c1)CC(=O)NC. The third-order valence-electron chi connectivity index (χ3n) is 3.08. The van der Waals surface area contributed by atoms with E-state index < -0.39 is 0 Å². The number of amides is 1. The van der Waals surface area contributed by atoms with E-state index in [9.17, 15) is 4.79 Å². The Hall–Kier alpha value is -1.55. The van der Waals surface area contributed by atoms with Crippen LogP contribution >= 0.6 is 0 Å². The van der Waals surface area contributed by atoms with Crippen LogP contribution in [0.5, 0.6) is 0 Å². The molecule has 0 atom stereocenters. The van der Waals surface area contributed by atoms with Crippen LogP contribution in [-0.4, -0.2) is 37.5 Å². The number of hydrogen-bond acceptors (Lipinski definition) is 3. The summed E-state index contributed by atoms with van der Waals surface area (Å²) in [4.78, 5) is 13.6. The topological polar surface area (TPSA) is 58.4 Å². The molecule has 19 heavy (non-hydrogen) atoms. The van der Waals surface area contributed by atoms with Crippen molar-refractivity contribution in [3.8, 4) is 0 Å². The molecule has 1 aromatic carbocycles. The van der Waals surface area contributed by atoms with Crippen LogP contribution in [0, 0.1) is 0 Å². The molecular formula is C15H25N3O. The Bertz CT molecular complexity index is 393. The van der Waals surface area contributed by atoms with E-state index in [0.717, 1.165) is 38.0 Å². The molecule has 4 heteroatoms. The largest absolute Gasteiger partial charge is 0.399 e. The summed E-state index contributed by atoms with van der Waals surface area (Å²) >= 11 is 0. The molecule has 0 bridgehead atoms. The number of rotatable bonds is 8. The average Bonchev–Trinajstić information content (AvgIpc) is 2.39. The summed E-state index contributed by atoms with van der Waals surface area (Å²) in [6.45, 7) is 4.52. The zero-order valence-corrected chi connectivity index (χ0v) is 12.0. The zero-order chi connectivity index (χ0) is 14.1. The van der Waals surface area contributed by atoms with Crippen molar-refractivity contribution in [1.82, 2.24) is 10.2 Å². The summed E-state index contributed by atoms with van der Waals surface area (Å²) in [5.74, 6) is 0.0809. The molecule has 0 radical (unpaired) electrons. The Labute approximate surface area is 116 Å². The van der Waals surface area contributed by atoms with Gasteiger partial charge in [0.05, 0.1) is 6.54 Å². The van der Waals surface area contributed by atoms with Crippen molar-refractivity contribution in [3.05, 3.63) is 29.8 Å². The molecule has 0 saturated carbocycles. The maximum absolute atomic E-state index is 11.4. The molecule has 1 rings (SSSR count). The number of nitrogen functional groups attached to an aromatic ring is 1. The fourth-order valence-corrected chi connectivity index (χ4v) is 2.12. The Morgan fingerprint density at radius 2 is 2.16 bits per heavy atom. The molecule has 0 saturated heterocycles. The number of nitrogens with two attached hydrogens (primary N) is 1. The van der Waals surface area contributed by atoms with E-state index in [4.69, 9.17) is 5.73 Å². The number of aryl methyl sites for hydroxylation is 1. The number of benzene rings is 1. The normalized spacial score (nSPS) is 10.7. The molecule has 4 nitrogen and oxygen atoms in total. The fraction of sp³-hybridized carbons (Fsp3) is 0.533. The van der Waals surface area contributed by atoms with E-state index in [1.807, 2.05) is 18.2 Å². The Kier molecular flexibility index (Phi) is 6.97. The molecule has 0 aliphatic heterocycles. The van der Waals surface area contributed by atoms with Crippen LogP contribution in [0.15, 0.2) is 24.3 Å². The number of carbonyl (C=O) groups excluding carboxylic acids is 1. The quantitative estimate of drug-likeness (QED) is 0.701. The van der Waals surface area contributed by atoms with Gasteiger partial charge in [-0.25, -0.2) is 0 Å². The molecule has 106 valence electrons. The second-order valence-corrected chi connectivity index (χ2v) is 4.80. The first-order valence-electron chi connectivity index (χ1n) is 6.93. The van der Waals surface area contributed by atoms with Crippen LogP contribution < -0.4 is 11.1 Å². The molecule has 0 fully saturated rings. The average molecular weight is 263 g/mol. The fourth-order valence-electron chi connectivity index (χ4n) is 2.12. The third-order valence-corrected chi connectivity index (χ3v) is 3.08. The summed E-state index contributed by atoms with van der Waals surface area (Å²) < 4.78 is 0. The van der Waals surface area contributed by atoms with Gasteiger partial charge in [0.25, 0.3) is 0 Å². The summed E-state index contributed by atoms with van der Waals surface area (Å²) in [7, 11) is 1.68. The summed E-state index contributed by atoms with van der Waals surface area (Å²) in [6.07, 6.45) is 3.11. The first-order valence-corrected chi connectivity index (χ1v) is 6.93. The van der Waals surface area contributed by atoms with Gasteiger partial charge in [-0.1, -0.05) is 19.1 Å². The van der Waals surface area contributed by atoms with Crippen LogP contribution in [0.2, 0.25) is 0 Å². The van der Waals surface area contributed by atoms with Crippen LogP contribution in [0.3, 0.4) is 0 Å². The first-order chi connectivity index (χ1) is 9.15. The highest BCUT2D eigenvalue weighted by atomic mass is 16.1. The van der Waals surface area contributed by atoms with Crippen molar-refractivity contribution >= 4 is 11.6 Å². The van der Waals surface area contributed by atoms with Gasteiger partial charge < -0.3 is 11.1 Å². The highest BCUT2D eigenvalue weighted by Crippen LogP contribution is 2.09. The highest BCUT2D eigenvalue weighted by Gasteiger charge is 2.08. The van der Waals surface area contributed by atoms with Gasteiger partial charge in [0, 0.05) is 12.7 Å². The van der Waals surface area contributed by atoms with Gasteiger partial charge in [-0.3, -0.25) is 9.69 Å². The van der Waals surface area contributed by atoms with Crippen LogP contribution in [0.25, 0.3) is 0 Å². The summed E-state index contributed by atoms with van der Waals surface area (Å²) in [5, 5.41) is 2.67. The molecule has 1 amide bonds. The van der Waals surface area contributed by atoms with Gasteiger partial charge >= 0.3 is 0 Å². The molecule has 0 unspecified atom stereocenters. The highest BCUT2D eigenvalue weighted by molar-refractivity contribution is 5.77. The van der Waals surface area contributed by atoms with E-state index in [1.165, 1.54) is 5.56 Å². The van der Waals surface area contributed by atoms with Gasteiger partial charge in [0.1, 0.15) is 0 Å². The van der Waals surface area contributed by atoms with Crippen LogP contribution in [-0.2, 0) is 11.2 Å². The van der Waals surface area contributed by atoms with Gasteiger partial charge in [-0.15, -0.1) is 0 Å². The van der Waals surface area contributed by atoms with E-state index in [-0.39, 0.29) is 5.91 Å².